The van der Waals surface area contributed by atoms with Crippen molar-refractivity contribution in [2.24, 2.45) is 0 Å². The quantitative estimate of drug-likeness (QED) is 0.0928. The highest BCUT2D eigenvalue weighted by Crippen LogP contribution is 2.41. The maximum atomic E-state index is 11.4. The largest absolute Gasteiger partial charge is 0.506 e. The number of carbonyl (C=O) groups excluding carboxylic acids is 1. The van der Waals surface area contributed by atoms with Crippen molar-refractivity contribution < 1.29 is 19.7 Å². The summed E-state index contributed by atoms with van der Waals surface area (Å²) in [5, 5.41) is 22.7. The van der Waals surface area contributed by atoms with Crippen molar-refractivity contribution in [1.82, 2.24) is 0 Å². The minimum absolute atomic E-state index is 0.00470. The molecular formula is C22H36ClNO4. The Bertz CT molecular complexity index is 592. The summed E-state index contributed by atoms with van der Waals surface area (Å²) in [6.07, 6.45) is 14.1. The topological polar surface area (TPSA) is 78.8 Å². The number of ketones is 1. The number of nitrogens with one attached hydrogen (secondary N) is 1. The number of phenols is 2. The Hall–Kier alpha value is -1.46. The average molecular weight is 414 g/mol. The molecule has 0 bridgehead atoms. The van der Waals surface area contributed by atoms with Crippen molar-refractivity contribution >= 4 is 23.1 Å². The van der Waals surface area contributed by atoms with E-state index < -0.39 is 0 Å². The summed E-state index contributed by atoms with van der Waals surface area (Å²) >= 11 is 6.03. The molecule has 0 aromatic heterocycles. The van der Waals surface area contributed by atoms with Crippen molar-refractivity contribution in [2.75, 3.05) is 18.7 Å². The lowest BCUT2D eigenvalue weighted by Crippen LogP contribution is -2.08. The number of benzene rings is 1. The molecule has 0 aliphatic carbocycles. The average Bonchev–Trinajstić information content (AvgIpc) is 2.67. The summed E-state index contributed by atoms with van der Waals surface area (Å²) in [5.41, 5.74) is 0.165. The molecular weight excluding hydrogens is 378 g/mol. The van der Waals surface area contributed by atoms with Crippen LogP contribution in [0.1, 0.15) is 94.8 Å². The van der Waals surface area contributed by atoms with E-state index in [9.17, 15) is 15.0 Å². The molecule has 0 saturated carbocycles. The molecule has 3 N–H and O–H groups in total. The standard InChI is InChI=1S/C22H36ClNO4/c1-3-4-5-6-7-8-9-10-11-12-13-14-28-16-24-21-19(26)15-18(17(2)25)22(27)20(21)23/h15,24,26-27H,3-14,16H2,1-2H3. The van der Waals surface area contributed by atoms with E-state index >= 15 is 0 Å². The first-order valence-corrected chi connectivity index (χ1v) is 10.9. The van der Waals surface area contributed by atoms with Gasteiger partial charge in [0.25, 0.3) is 0 Å². The minimum Gasteiger partial charge on any atom is -0.506 e. The summed E-state index contributed by atoms with van der Waals surface area (Å²) in [4.78, 5) is 11.4. The van der Waals surface area contributed by atoms with E-state index in [1.807, 2.05) is 0 Å². The van der Waals surface area contributed by atoms with Gasteiger partial charge in [0.1, 0.15) is 28.9 Å². The fraction of sp³-hybridized carbons (Fsp3) is 0.682. The zero-order valence-electron chi connectivity index (χ0n) is 17.4. The SMILES string of the molecule is CCCCCCCCCCCCCOCNc1c(O)cc(C(C)=O)c(O)c1Cl. The van der Waals surface area contributed by atoms with Crippen LogP contribution in [0.15, 0.2) is 6.07 Å². The second-order valence-corrected chi connectivity index (χ2v) is 7.68. The lowest BCUT2D eigenvalue weighted by Gasteiger charge is -2.13. The van der Waals surface area contributed by atoms with Crippen LogP contribution < -0.4 is 5.32 Å². The number of phenolic OH excluding ortho intramolecular Hbond substituents is 2. The third kappa shape index (κ3) is 9.16. The minimum atomic E-state index is -0.367. The smallest absolute Gasteiger partial charge is 0.163 e. The van der Waals surface area contributed by atoms with Crippen LogP contribution >= 0.6 is 11.6 Å². The van der Waals surface area contributed by atoms with Gasteiger partial charge >= 0.3 is 0 Å². The highest BCUT2D eigenvalue weighted by molar-refractivity contribution is 6.35. The van der Waals surface area contributed by atoms with E-state index in [4.69, 9.17) is 16.3 Å². The van der Waals surface area contributed by atoms with Gasteiger partial charge in [-0.25, -0.2) is 0 Å². The molecule has 0 spiro atoms. The zero-order valence-corrected chi connectivity index (χ0v) is 18.1. The van der Waals surface area contributed by atoms with Crippen LogP contribution in [0.4, 0.5) is 5.69 Å². The second kappa shape index (κ2) is 14.5. The Balaban J connectivity index is 2.09. The van der Waals surface area contributed by atoms with Gasteiger partial charge in [-0.15, -0.1) is 0 Å². The van der Waals surface area contributed by atoms with Crippen LogP contribution in [0.2, 0.25) is 5.02 Å². The third-order valence-electron chi connectivity index (χ3n) is 4.84. The highest BCUT2D eigenvalue weighted by Gasteiger charge is 2.18. The molecule has 0 atom stereocenters. The number of anilines is 1. The summed E-state index contributed by atoms with van der Waals surface area (Å²) in [6.45, 7) is 4.34. The van der Waals surface area contributed by atoms with Crippen LogP contribution in [-0.2, 0) is 4.74 Å². The van der Waals surface area contributed by atoms with Gasteiger partial charge in [0.2, 0.25) is 0 Å². The molecule has 0 heterocycles. The molecule has 0 aliphatic heterocycles. The first kappa shape index (κ1) is 24.6. The molecule has 1 aromatic rings. The molecule has 0 fully saturated rings. The molecule has 1 rings (SSSR count). The lowest BCUT2D eigenvalue weighted by atomic mass is 10.1. The summed E-state index contributed by atoms with van der Waals surface area (Å²) in [7, 11) is 0. The molecule has 160 valence electrons. The Morgan fingerprint density at radius 2 is 1.54 bits per heavy atom. The molecule has 0 unspecified atom stereocenters. The lowest BCUT2D eigenvalue weighted by molar-refractivity contribution is 0.101. The Kier molecular flexibility index (Phi) is 12.8. The van der Waals surface area contributed by atoms with E-state index in [-0.39, 0.29) is 40.3 Å². The Morgan fingerprint density at radius 1 is 1.00 bits per heavy atom. The predicted molar refractivity (Wildman–Crippen MR) is 116 cm³/mol. The fourth-order valence-electron chi connectivity index (χ4n) is 3.13. The molecule has 28 heavy (non-hydrogen) atoms. The molecule has 1 aromatic carbocycles. The van der Waals surface area contributed by atoms with Crippen molar-refractivity contribution in [1.29, 1.82) is 0 Å². The van der Waals surface area contributed by atoms with Crippen LogP contribution in [0.3, 0.4) is 0 Å². The number of hydrogen-bond donors (Lipinski definition) is 3. The summed E-state index contributed by atoms with van der Waals surface area (Å²) in [5.74, 6) is -0.889. The summed E-state index contributed by atoms with van der Waals surface area (Å²) < 4.78 is 5.52. The number of carbonyl (C=O) groups is 1. The second-order valence-electron chi connectivity index (χ2n) is 7.30. The molecule has 0 aliphatic rings. The monoisotopic (exact) mass is 413 g/mol. The van der Waals surface area contributed by atoms with Crippen LogP contribution in [-0.4, -0.2) is 29.3 Å². The molecule has 0 radical (unpaired) electrons. The van der Waals surface area contributed by atoms with Crippen molar-refractivity contribution in [2.45, 2.75) is 84.5 Å². The Morgan fingerprint density at radius 3 is 2.07 bits per heavy atom. The van der Waals surface area contributed by atoms with Crippen LogP contribution in [0.5, 0.6) is 11.5 Å². The number of halogens is 1. The van der Waals surface area contributed by atoms with E-state index in [2.05, 4.69) is 12.2 Å². The fourth-order valence-corrected chi connectivity index (χ4v) is 3.39. The zero-order chi connectivity index (χ0) is 20.8. The first-order valence-electron chi connectivity index (χ1n) is 10.6. The van der Waals surface area contributed by atoms with E-state index in [1.165, 1.54) is 70.8 Å². The van der Waals surface area contributed by atoms with Crippen LogP contribution in [0.25, 0.3) is 0 Å². The number of Topliss-reactive ketones (excluding diaryl/α,β-unsaturated/α-hetero) is 1. The van der Waals surface area contributed by atoms with Crippen molar-refractivity contribution in [3.8, 4) is 11.5 Å². The number of hydrogen-bond acceptors (Lipinski definition) is 5. The van der Waals surface area contributed by atoms with Crippen molar-refractivity contribution in [3.63, 3.8) is 0 Å². The van der Waals surface area contributed by atoms with Gasteiger partial charge in [-0.05, 0) is 19.4 Å². The van der Waals surface area contributed by atoms with Gasteiger partial charge in [-0.3, -0.25) is 4.79 Å². The van der Waals surface area contributed by atoms with Gasteiger partial charge in [-0.1, -0.05) is 82.7 Å². The third-order valence-corrected chi connectivity index (χ3v) is 5.21. The Labute approximate surface area is 174 Å². The molecule has 6 heteroatoms. The number of ether oxygens (including phenoxy) is 1. The molecule has 0 saturated heterocycles. The predicted octanol–water partition coefficient (Wildman–Crippen LogP) is 6.65. The molecule has 5 nitrogen and oxygen atoms in total. The number of aromatic hydroxyl groups is 2. The van der Waals surface area contributed by atoms with Crippen molar-refractivity contribution in [3.05, 3.63) is 16.7 Å². The maximum Gasteiger partial charge on any atom is 0.163 e. The highest BCUT2D eigenvalue weighted by atomic mass is 35.5. The van der Waals surface area contributed by atoms with Gasteiger partial charge in [-0.2, -0.15) is 0 Å². The van der Waals surface area contributed by atoms with E-state index in [0.717, 1.165) is 12.8 Å². The van der Waals surface area contributed by atoms with E-state index in [1.54, 1.807) is 0 Å². The normalized spacial score (nSPS) is 11.0. The van der Waals surface area contributed by atoms with E-state index in [0.29, 0.717) is 6.61 Å². The van der Waals surface area contributed by atoms with Gasteiger partial charge in [0.15, 0.2) is 5.78 Å². The van der Waals surface area contributed by atoms with Gasteiger partial charge in [0.05, 0.1) is 5.56 Å². The number of unbranched alkanes of at least 4 members (excludes halogenated alkanes) is 10. The summed E-state index contributed by atoms with van der Waals surface area (Å²) in [6, 6.07) is 1.20. The van der Waals surface area contributed by atoms with Gasteiger partial charge < -0.3 is 20.3 Å². The van der Waals surface area contributed by atoms with Crippen LogP contribution in [0, 0.1) is 0 Å². The molecule has 0 amide bonds. The number of rotatable bonds is 16. The maximum absolute atomic E-state index is 11.4. The van der Waals surface area contributed by atoms with Gasteiger partial charge in [0, 0.05) is 6.61 Å². The first-order chi connectivity index (χ1) is 13.5.